The van der Waals surface area contributed by atoms with Gasteiger partial charge in [-0.1, -0.05) is 103 Å². The van der Waals surface area contributed by atoms with Gasteiger partial charge in [0.15, 0.2) is 17.3 Å². The van der Waals surface area contributed by atoms with Gasteiger partial charge in [0.2, 0.25) is 0 Å². The van der Waals surface area contributed by atoms with E-state index in [4.69, 9.17) is 0 Å². The Morgan fingerprint density at radius 1 is 0.750 bits per heavy atom. The molecule has 1 aliphatic heterocycles. The minimum atomic E-state index is -0.358. The van der Waals surface area contributed by atoms with E-state index < -0.39 is 0 Å². The molecule has 2 aromatic heterocycles. The van der Waals surface area contributed by atoms with Crippen LogP contribution >= 0.6 is 0 Å². The zero-order valence-electron chi connectivity index (χ0n) is 28.8. The zero-order valence-corrected chi connectivity index (χ0v) is 28.8. The third-order valence-corrected chi connectivity index (χ3v) is 7.66. The van der Waals surface area contributed by atoms with Crippen LogP contribution < -0.4 is 0 Å². The molecule has 7 heteroatoms. The molecule has 3 heterocycles. The molecule has 5 aromatic rings. The normalized spacial score (nSPS) is 11.9. The average molecular weight is 641 g/mol. The summed E-state index contributed by atoms with van der Waals surface area (Å²) >= 11 is 0. The fraction of sp³-hybridized carbons (Fsp3) is 0.268. The lowest BCUT2D eigenvalue weighted by Crippen LogP contribution is -2.20. The number of carbonyl (C=O) groups excluding carboxylic acids is 3. The second-order valence-electron chi connectivity index (χ2n) is 13.3. The van der Waals surface area contributed by atoms with E-state index in [0.29, 0.717) is 12.1 Å². The van der Waals surface area contributed by atoms with Gasteiger partial charge in [-0.05, 0) is 42.0 Å². The number of hydrogen-bond donors (Lipinski definition) is 0. The van der Waals surface area contributed by atoms with Gasteiger partial charge in [-0.2, -0.15) is 0 Å². The van der Waals surface area contributed by atoms with Gasteiger partial charge in [-0.3, -0.25) is 19.4 Å². The lowest BCUT2D eigenvalue weighted by molar-refractivity contribution is -0.115. The van der Waals surface area contributed by atoms with Crippen molar-refractivity contribution in [2.45, 2.75) is 54.9 Å². The quantitative estimate of drug-likeness (QED) is 0.165. The van der Waals surface area contributed by atoms with Gasteiger partial charge in [0.1, 0.15) is 0 Å². The number of aromatic nitrogens is 3. The molecule has 0 N–H and O–H groups in total. The van der Waals surface area contributed by atoms with Crippen molar-refractivity contribution >= 4 is 28.7 Å². The second kappa shape index (κ2) is 16.0. The molecule has 7 nitrogen and oxygen atoms in total. The molecule has 3 aromatic carbocycles. The average Bonchev–Trinajstić information content (AvgIpc) is 3.79. The molecule has 0 spiro atoms. The van der Waals surface area contributed by atoms with E-state index in [0.717, 1.165) is 39.3 Å². The number of imidazole rings is 1. The minimum Gasteiger partial charge on any atom is -0.306 e. The van der Waals surface area contributed by atoms with Crippen molar-refractivity contribution in [1.82, 2.24) is 14.5 Å². The maximum Gasteiger partial charge on any atom is 0.179 e. The smallest absolute Gasteiger partial charge is 0.179 e. The molecule has 246 valence electrons. The number of benzene rings is 3. The SMILES string of the molecule is CC(C)(C)C(=O)c1cccc(-c2ccccn2)c1.CC(C)C(=O)C1=Nc2ccccc2C1.CC(C)C(=O)c1ccccc1-n1ccnc1. The predicted molar refractivity (Wildman–Crippen MR) is 193 cm³/mol. The third-order valence-electron chi connectivity index (χ3n) is 7.66. The standard InChI is InChI=1S/C16H17NO.C13H14N2O.C12H13NO/c1-16(2,3)15(18)13-8-6-7-12(11-13)14-9-4-5-10-17-14;1-10(2)13(16)11-5-3-4-6-12(11)15-8-7-14-9-15;1-8(2)12(14)11-7-9-5-3-4-6-10(9)13-11/h4-11H,1-3H3;3-10H,1-2H3;3-6,8H,7H2,1-2H3. The van der Waals surface area contributed by atoms with Gasteiger partial charge >= 0.3 is 0 Å². The minimum absolute atomic E-state index is 0.00433. The molecular formula is C41H44N4O3. The highest BCUT2D eigenvalue weighted by Crippen LogP contribution is 2.27. The molecule has 6 rings (SSSR count). The van der Waals surface area contributed by atoms with Crippen LogP contribution in [-0.2, 0) is 11.2 Å². The Morgan fingerprint density at radius 3 is 2.06 bits per heavy atom. The number of fused-ring (bicyclic) bond motifs is 1. The molecule has 1 aliphatic rings. The Morgan fingerprint density at radius 2 is 1.44 bits per heavy atom. The van der Waals surface area contributed by atoms with Crippen LogP contribution in [0.25, 0.3) is 16.9 Å². The molecule has 0 atom stereocenters. The first-order chi connectivity index (χ1) is 22.9. The summed E-state index contributed by atoms with van der Waals surface area (Å²) < 4.78 is 1.86. The molecule has 48 heavy (non-hydrogen) atoms. The Hall–Kier alpha value is -5.30. The van der Waals surface area contributed by atoms with Crippen LogP contribution in [0.15, 0.2) is 121 Å². The third kappa shape index (κ3) is 9.16. The monoisotopic (exact) mass is 640 g/mol. The summed E-state index contributed by atoms with van der Waals surface area (Å²) in [7, 11) is 0. The van der Waals surface area contributed by atoms with Crippen LogP contribution in [0, 0.1) is 17.3 Å². The summed E-state index contributed by atoms with van der Waals surface area (Å²) in [6, 6.07) is 28.9. The second-order valence-corrected chi connectivity index (χ2v) is 13.3. The first kappa shape index (κ1) is 35.6. The van der Waals surface area contributed by atoms with Crippen LogP contribution in [0.4, 0.5) is 5.69 Å². The van der Waals surface area contributed by atoms with E-state index in [2.05, 4.69) is 15.0 Å². The number of hydrogen-bond acceptors (Lipinski definition) is 6. The summed E-state index contributed by atoms with van der Waals surface area (Å²) in [5, 5.41) is 0. The number of carbonyl (C=O) groups is 3. The van der Waals surface area contributed by atoms with Gasteiger partial charge in [0.05, 0.1) is 29.1 Å². The first-order valence-electron chi connectivity index (χ1n) is 16.2. The Kier molecular flexibility index (Phi) is 11.9. The molecule has 0 bridgehead atoms. The number of aliphatic imine (C=N–C) groups is 1. The van der Waals surface area contributed by atoms with E-state index in [-0.39, 0.29) is 34.6 Å². The molecule has 0 saturated heterocycles. The highest BCUT2D eigenvalue weighted by molar-refractivity contribution is 6.42. The van der Waals surface area contributed by atoms with Crippen LogP contribution in [-0.4, -0.2) is 37.6 Å². The number of Topliss-reactive ketones (excluding diaryl/α,β-unsaturated/α-hetero) is 3. The van der Waals surface area contributed by atoms with E-state index in [1.165, 1.54) is 0 Å². The van der Waals surface area contributed by atoms with Crippen LogP contribution in [0.5, 0.6) is 0 Å². The zero-order chi connectivity index (χ0) is 34.8. The number of rotatable bonds is 7. The highest BCUT2D eigenvalue weighted by Gasteiger charge is 2.23. The molecule has 0 aliphatic carbocycles. The van der Waals surface area contributed by atoms with E-state index in [1.807, 2.05) is 150 Å². The van der Waals surface area contributed by atoms with Crippen LogP contribution in [0.1, 0.15) is 74.7 Å². The summed E-state index contributed by atoms with van der Waals surface area (Å²) in [4.78, 5) is 48.6. The molecule has 0 unspecified atom stereocenters. The summed E-state index contributed by atoms with van der Waals surface area (Å²) in [5.41, 5.74) is 6.71. The van der Waals surface area contributed by atoms with Gasteiger partial charge in [0.25, 0.3) is 0 Å². The van der Waals surface area contributed by atoms with Crippen molar-refractivity contribution in [2.24, 2.45) is 22.2 Å². The Bertz CT molecular complexity index is 1880. The summed E-state index contributed by atoms with van der Waals surface area (Å²) in [6.07, 6.45) is 7.70. The van der Waals surface area contributed by atoms with E-state index >= 15 is 0 Å². The Balaban J connectivity index is 0.000000164. The number of ketones is 3. The number of nitrogens with zero attached hydrogens (tertiary/aromatic N) is 4. The fourth-order valence-electron chi connectivity index (χ4n) is 5.02. The lowest BCUT2D eigenvalue weighted by atomic mass is 9.86. The molecule has 0 radical (unpaired) electrons. The topological polar surface area (TPSA) is 94.3 Å². The fourth-order valence-corrected chi connectivity index (χ4v) is 5.02. The van der Waals surface area contributed by atoms with Crippen molar-refractivity contribution in [3.63, 3.8) is 0 Å². The van der Waals surface area contributed by atoms with Crippen molar-refractivity contribution in [3.8, 4) is 16.9 Å². The maximum absolute atomic E-state index is 12.2. The van der Waals surface area contributed by atoms with Crippen LogP contribution in [0.3, 0.4) is 0 Å². The van der Waals surface area contributed by atoms with E-state index in [9.17, 15) is 14.4 Å². The first-order valence-corrected chi connectivity index (χ1v) is 16.2. The number of para-hydroxylation sites is 2. The largest absolute Gasteiger partial charge is 0.306 e. The summed E-state index contributed by atoms with van der Waals surface area (Å²) in [5.74, 6) is 0.526. The van der Waals surface area contributed by atoms with Crippen molar-refractivity contribution in [2.75, 3.05) is 0 Å². The van der Waals surface area contributed by atoms with Gasteiger partial charge < -0.3 is 4.57 Å². The van der Waals surface area contributed by atoms with Gasteiger partial charge in [0, 0.05) is 59.0 Å². The molecule has 0 amide bonds. The number of pyridine rings is 1. The van der Waals surface area contributed by atoms with Crippen LogP contribution in [0.2, 0.25) is 0 Å². The van der Waals surface area contributed by atoms with Gasteiger partial charge in [-0.25, -0.2) is 9.98 Å². The van der Waals surface area contributed by atoms with Gasteiger partial charge in [-0.15, -0.1) is 0 Å². The molecule has 0 fully saturated rings. The summed E-state index contributed by atoms with van der Waals surface area (Å²) in [6.45, 7) is 13.4. The van der Waals surface area contributed by atoms with E-state index in [1.54, 1.807) is 18.7 Å². The molecular weight excluding hydrogens is 596 g/mol. The lowest BCUT2D eigenvalue weighted by Gasteiger charge is -2.16. The maximum atomic E-state index is 12.2. The van der Waals surface area contributed by atoms with Crippen molar-refractivity contribution < 1.29 is 14.4 Å². The van der Waals surface area contributed by atoms with Crippen molar-refractivity contribution in [3.05, 3.63) is 133 Å². The van der Waals surface area contributed by atoms with Crippen molar-refractivity contribution in [1.29, 1.82) is 0 Å². The Labute approximate surface area is 283 Å². The molecule has 0 saturated carbocycles. The highest BCUT2D eigenvalue weighted by atomic mass is 16.1. The predicted octanol–water partition coefficient (Wildman–Crippen LogP) is 9.23.